The van der Waals surface area contributed by atoms with Crippen LogP contribution in [0.2, 0.25) is 0 Å². The van der Waals surface area contributed by atoms with E-state index in [9.17, 15) is 14.7 Å². The van der Waals surface area contributed by atoms with E-state index in [0.717, 1.165) is 10.5 Å². The normalized spacial score (nSPS) is 23.6. The number of piperidine rings is 1. The number of hydrogen-bond donors (Lipinski definition) is 1. The highest BCUT2D eigenvalue weighted by molar-refractivity contribution is 8.00. The van der Waals surface area contributed by atoms with E-state index in [1.54, 1.807) is 16.7 Å². The lowest BCUT2D eigenvalue weighted by Gasteiger charge is -2.39. The Morgan fingerprint density at radius 3 is 2.70 bits per heavy atom. The van der Waals surface area contributed by atoms with Gasteiger partial charge in [0.15, 0.2) is 0 Å². The lowest BCUT2D eigenvalue weighted by atomic mass is 9.80. The number of thioether (sulfide) groups is 1. The first-order valence-corrected chi connectivity index (χ1v) is 10.6. The molecule has 1 unspecified atom stereocenters. The molecule has 148 valence electrons. The second kappa shape index (κ2) is 8.65. The number of carboxylic acid groups (broad SMARTS) is 1. The third kappa shape index (κ3) is 4.49. The van der Waals surface area contributed by atoms with Gasteiger partial charge in [0.1, 0.15) is 5.41 Å². The van der Waals surface area contributed by atoms with Gasteiger partial charge in [0.25, 0.3) is 5.91 Å². The van der Waals surface area contributed by atoms with Crippen LogP contribution in [0.25, 0.3) is 0 Å². The average Bonchev–Trinajstić information content (AvgIpc) is 3.16. The van der Waals surface area contributed by atoms with E-state index in [0.29, 0.717) is 30.2 Å². The van der Waals surface area contributed by atoms with Crippen LogP contribution in [0.15, 0.2) is 23.1 Å². The van der Waals surface area contributed by atoms with Gasteiger partial charge >= 0.3 is 5.97 Å². The molecule has 1 amide bonds. The summed E-state index contributed by atoms with van der Waals surface area (Å²) in [5.41, 5.74) is 0.753. The summed E-state index contributed by atoms with van der Waals surface area (Å²) >= 11 is 1.81. The van der Waals surface area contributed by atoms with Gasteiger partial charge in [-0.1, -0.05) is 24.5 Å². The molecule has 6 heteroatoms. The Bertz CT molecular complexity index is 697. The van der Waals surface area contributed by atoms with Gasteiger partial charge in [-0.25, -0.2) is 0 Å². The summed E-state index contributed by atoms with van der Waals surface area (Å²) in [7, 11) is 1.52. The Morgan fingerprint density at radius 1 is 1.30 bits per heavy atom. The fraction of sp³-hybridized carbons (Fsp3) is 0.619. The van der Waals surface area contributed by atoms with E-state index in [1.165, 1.54) is 32.8 Å². The van der Waals surface area contributed by atoms with Crippen molar-refractivity contribution in [3.05, 3.63) is 29.3 Å². The lowest BCUT2D eigenvalue weighted by Crippen LogP contribution is -2.52. The molecule has 27 heavy (non-hydrogen) atoms. The second-order valence-corrected chi connectivity index (χ2v) is 9.21. The van der Waals surface area contributed by atoms with Crippen molar-refractivity contribution in [2.45, 2.75) is 55.6 Å². The standard InChI is InChI=1S/C21H29NO4S/c1-15-8-9-18(27-16-6-3-4-7-16)17(12-15)19(23)22-11-5-10-21(13-22,14-26-2)20(24)25/h8-9,12,16H,3-7,10-11,13-14H2,1-2H3,(H,24,25). The van der Waals surface area contributed by atoms with Crippen molar-refractivity contribution in [1.82, 2.24) is 4.90 Å². The maximum Gasteiger partial charge on any atom is 0.313 e. The maximum atomic E-state index is 13.3. The third-order valence-corrected chi connectivity index (χ3v) is 7.11. The summed E-state index contributed by atoms with van der Waals surface area (Å²) < 4.78 is 5.19. The molecule has 1 aliphatic carbocycles. The largest absolute Gasteiger partial charge is 0.481 e. The molecule has 1 N–H and O–H groups in total. The third-order valence-electron chi connectivity index (χ3n) is 5.70. The summed E-state index contributed by atoms with van der Waals surface area (Å²) in [6.45, 7) is 2.92. The molecule has 0 spiro atoms. The van der Waals surface area contributed by atoms with Gasteiger partial charge in [0.2, 0.25) is 0 Å². The monoisotopic (exact) mass is 391 g/mol. The number of carbonyl (C=O) groups excluding carboxylic acids is 1. The molecule has 1 saturated heterocycles. The van der Waals surface area contributed by atoms with Crippen LogP contribution in [0.4, 0.5) is 0 Å². The predicted molar refractivity (Wildman–Crippen MR) is 106 cm³/mol. The summed E-state index contributed by atoms with van der Waals surface area (Å²) in [6, 6.07) is 6.05. The van der Waals surface area contributed by atoms with Crippen molar-refractivity contribution in [3.8, 4) is 0 Å². The number of rotatable bonds is 6. The number of benzene rings is 1. The molecule has 1 atom stereocenters. The van der Waals surface area contributed by atoms with Crippen LogP contribution < -0.4 is 0 Å². The minimum Gasteiger partial charge on any atom is -0.481 e. The van der Waals surface area contributed by atoms with Gasteiger partial charge in [0, 0.05) is 30.3 Å². The fourth-order valence-corrected chi connectivity index (χ4v) is 5.55. The molecule has 1 aromatic rings. The van der Waals surface area contributed by atoms with Crippen LogP contribution in [0.5, 0.6) is 0 Å². The number of nitrogens with zero attached hydrogens (tertiary/aromatic N) is 1. The topological polar surface area (TPSA) is 66.8 Å². The summed E-state index contributed by atoms with van der Waals surface area (Å²) in [6.07, 6.45) is 6.14. The molecule has 0 radical (unpaired) electrons. The highest BCUT2D eigenvalue weighted by Gasteiger charge is 2.44. The van der Waals surface area contributed by atoms with E-state index >= 15 is 0 Å². The van der Waals surface area contributed by atoms with E-state index in [4.69, 9.17) is 4.74 Å². The summed E-state index contributed by atoms with van der Waals surface area (Å²) in [5, 5.41) is 10.3. The molecule has 3 rings (SSSR count). The SMILES string of the molecule is COCC1(C(=O)O)CCCN(C(=O)c2cc(C)ccc2SC2CCCC2)C1. The van der Waals surface area contributed by atoms with Gasteiger partial charge in [-0.3, -0.25) is 9.59 Å². The molecular weight excluding hydrogens is 362 g/mol. The molecular formula is C21H29NO4S. The van der Waals surface area contributed by atoms with Crippen molar-refractivity contribution in [2.75, 3.05) is 26.8 Å². The number of likely N-dealkylation sites (tertiary alicyclic amines) is 1. The number of carboxylic acids is 1. The minimum absolute atomic E-state index is 0.0550. The van der Waals surface area contributed by atoms with Crippen molar-refractivity contribution in [2.24, 2.45) is 5.41 Å². The van der Waals surface area contributed by atoms with E-state index in [2.05, 4.69) is 12.1 Å². The Labute approximate surface area is 165 Å². The molecule has 1 saturated carbocycles. The molecule has 1 heterocycles. The van der Waals surface area contributed by atoms with E-state index < -0.39 is 11.4 Å². The number of aliphatic carboxylic acids is 1. The van der Waals surface area contributed by atoms with Gasteiger partial charge in [-0.15, -0.1) is 11.8 Å². The first-order chi connectivity index (χ1) is 12.9. The molecule has 1 aliphatic heterocycles. The highest BCUT2D eigenvalue weighted by Crippen LogP contribution is 2.38. The Hall–Kier alpha value is -1.53. The Balaban J connectivity index is 1.83. The van der Waals surface area contributed by atoms with Gasteiger partial charge in [-0.2, -0.15) is 0 Å². The second-order valence-electron chi connectivity index (χ2n) is 7.87. The zero-order valence-corrected chi connectivity index (χ0v) is 17.0. The van der Waals surface area contributed by atoms with Crippen LogP contribution in [0.1, 0.15) is 54.4 Å². The summed E-state index contributed by atoms with van der Waals surface area (Å²) in [4.78, 5) is 28.0. The quantitative estimate of drug-likeness (QED) is 0.794. The lowest BCUT2D eigenvalue weighted by molar-refractivity contribution is -0.155. The van der Waals surface area contributed by atoms with E-state index in [-0.39, 0.29) is 19.1 Å². The highest BCUT2D eigenvalue weighted by atomic mass is 32.2. The van der Waals surface area contributed by atoms with Crippen molar-refractivity contribution < 1.29 is 19.4 Å². The van der Waals surface area contributed by atoms with Crippen LogP contribution in [0.3, 0.4) is 0 Å². The average molecular weight is 392 g/mol. The van der Waals surface area contributed by atoms with Crippen LogP contribution in [0, 0.1) is 12.3 Å². The fourth-order valence-electron chi connectivity index (χ4n) is 4.21. The first kappa shape index (κ1) is 20.2. The molecule has 0 aromatic heterocycles. The molecule has 2 fully saturated rings. The van der Waals surface area contributed by atoms with Crippen molar-refractivity contribution in [3.63, 3.8) is 0 Å². The maximum absolute atomic E-state index is 13.3. The number of ether oxygens (including phenoxy) is 1. The minimum atomic E-state index is -1.01. The zero-order valence-electron chi connectivity index (χ0n) is 16.2. The number of aryl methyl sites for hydroxylation is 1. The van der Waals surface area contributed by atoms with E-state index in [1.807, 2.05) is 13.0 Å². The van der Waals surface area contributed by atoms with Gasteiger partial charge in [0.05, 0.1) is 12.2 Å². The smallest absolute Gasteiger partial charge is 0.313 e. The zero-order chi connectivity index (χ0) is 19.4. The first-order valence-electron chi connectivity index (χ1n) is 9.74. The van der Waals surface area contributed by atoms with Crippen LogP contribution in [-0.4, -0.2) is 53.9 Å². The Kier molecular flexibility index (Phi) is 6.48. The number of carbonyl (C=O) groups is 2. The molecule has 5 nitrogen and oxygen atoms in total. The van der Waals surface area contributed by atoms with Crippen LogP contribution in [-0.2, 0) is 9.53 Å². The molecule has 1 aromatic carbocycles. The predicted octanol–water partition coefficient (Wildman–Crippen LogP) is 3.98. The van der Waals surface area contributed by atoms with Gasteiger partial charge in [-0.05, 0) is 44.7 Å². The number of methoxy groups -OCH3 is 1. The van der Waals surface area contributed by atoms with Crippen LogP contribution >= 0.6 is 11.8 Å². The number of hydrogen-bond acceptors (Lipinski definition) is 4. The van der Waals surface area contributed by atoms with Crippen molar-refractivity contribution in [1.29, 1.82) is 0 Å². The molecule has 0 bridgehead atoms. The Morgan fingerprint density at radius 2 is 2.04 bits per heavy atom. The van der Waals surface area contributed by atoms with Gasteiger partial charge < -0.3 is 14.7 Å². The summed E-state index contributed by atoms with van der Waals surface area (Å²) in [5.74, 6) is -0.938. The number of amides is 1. The molecule has 2 aliphatic rings. The van der Waals surface area contributed by atoms with Crippen molar-refractivity contribution >= 4 is 23.6 Å².